The van der Waals surface area contributed by atoms with Crippen molar-refractivity contribution in [3.05, 3.63) is 65.2 Å². The molecular weight excluding hydrogens is 535 g/mol. The number of carboxylic acid groups (broad SMARTS) is 1. The zero-order valence-electron chi connectivity index (χ0n) is 22.4. The van der Waals surface area contributed by atoms with Crippen LogP contribution >= 0.6 is 0 Å². The number of benzene rings is 2. The molecule has 1 aliphatic heterocycles. The van der Waals surface area contributed by atoms with Gasteiger partial charge in [-0.1, -0.05) is 55.8 Å². The topological polar surface area (TPSA) is 107 Å². The first-order valence-electron chi connectivity index (χ1n) is 12.6. The van der Waals surface area contributed by atoms with Crippen molar-refractivity contribution in [2.45, 2.75) is 51.2 Å². The summed E-state index contributed by atoms with van der Waals surface area (Å²) in [6.07, 6.45) is -4.00. The van der Waals surface area contributed by atoms with E-state index in [0.717, 1.165) is 36.2 Å². The molecule has 0 unspecified atom stereocenters. The Balaban J connectivity index is 0.000000673. The molecule has 8 nitrogen and oxygen atoms in total. The van der Waals surface area contributed by atoms with Crippen molar-refractivity contribution in [3.63, 3.8) is 0 Å². The maximum absolute atomic E-state index is 13.5. The van der Waals surface area contributed by atoms with E-state index >= 15 is 0 Å². The fourth-order valence-electron chi connectivity index (χ4n) is 4.01. The average Bonchev–Trinajstić information content (AvgIpc) is 2.86. The average molecular weight is 572 g/mol. The Morgan fingerprint density at radius 1 is 1.05 bits per heavy atom. The van der Waals surface area contributed by atoms with Crippen molar-refractivity contribution in [2.24, 2.45) is 5.92 Å². The van der Waals surface area contributed by atoms with Gasteiger partial charge < -0.3 is 15.3 Å². The Morgan fingerprint density at radius 3 is 2.15 bits per heavy atom. The fourth-order valence-corrected chi connectivity index (χ4v) is 5.44. The third-order valence-electron chi connectivity index (χ3n) is 5.93. The van der Waals surface area contributed by atoms with Crippen LogP contribution in [-0.2, 0) is 32.6 Å². The van der Waals surface area contributed by atoms with Crippen LogP contribution in [0.25, 0.3) is 0 Å². The van der Waals surface area contributed by atoms with Gasteiger partial charge in [-0.05, 0) is 42.5 Å². The predicted molar refractivity (Wildman–Crippen MR) is 142 cm³/mol. The fraction of sp³-hybridized carbons (Fsp3) is 0.481. The SMILES string of the molecule is Cc1cccc(CN(CCC(=O)N2CCNCC2)S(=O)(=O)c2ccc(CC(C)C)cc2)c1.O=C(O)C(F)(F)F. The van der Waals surface area contributed by atoms with Crippen LogP contribution in [0.4, 0.5) is 13.2 Å². The van der Waals surface area contributed by atoms with E-state index in [9.17, 15) is 26.4 Å². The smallest absolute Gasteiger partial charge is 0.475 e. The molecule has 0 saturated carbocycles. The van der Waals surface area contributed by atoms with Gasteiger partial charge in [0.2, 0.25) is 15.9 Å². The summed E-state index contributed by atoms with van der Waals surface area (Å²) < 4.78 is 60.2. The second kappa shape index (κ2) is 14.4. The van der Waals surface area contributed by atoms with Gasteiger partial charge in [-0.2, -0.15) is 17.5 Å². The molecule has 1 heterocycles. The molecule has 0 aromatic heterocycles. The molecule has 0 bridgehead atoms. The minimum absolute atomic E-state index is 0.00298. The number of carbonyl (C=O) groups is 2. The van der Waals surface area contributed by atoms with Crippen molar-refractivity contribution >= 4 is 21.9 Å². The highest BCUT2D eigenvalue weighted by Gasteiger charge is 2.38. The summed E-state index contributed by atoms with van der Waals surface area (Å²) in [7, 11) is -3.73. The molecule has 1 aliphatic rings. The highest BCUT2D eigenvalue weighted by molar-refractivity contribution is 7.89. The van der Waals surface area contributed by atoms with E-state index in [1.165, 1.54) is 4.31 Å². The first kappa shape index (κ1) is 32.3. The molecule has 1 saturated heterocycles. The molecule has 1 fully saturated rings. The first-order chi connectivity index (χ1) is 18.2. The monoisotopic (exact) mass is 571 g/mol. The van der Waals surface area contributed by atoms with E-state index in [1.807, 2.05) is 48.2 Å². The number of amides is 1. The Bertz CT molecular complexity index is 1200. The number of aryl methyl sites for hydroxylation is 1. The van der Waals surface area contributed by atoms with Gasteiger partial charge in [0, 0.05) is 45.7 Å². The van der Waals surface area contributed by atoms with Gasteiger partial charge in [-0.15, -0.1) is 0 Å². The van der Waals surface area contributed by atoms with Crippen LogP contribution in [0.15, 0.2) is 53.4 Å². The van der Waals surface area contributed by atoms with E-state index < -0.39 is 22.2 Å². The molecule has 3 rings (SSSR count). The summed E-state index contributed by atoms with van der Waals surface area (Å²) in [6, 6.07) is 15.0. The Kier molecular flexibility index (Phi) is 11.9. The predicted octanol–water partition coefficient (Wildman–Crippen LogP) is 3.84. The zero-order chi connectivity index (χ0) is 29.2. The lowest BCUT2D eigenvalue weighted by Gasteiger charge is -2.29. The maximum atomic E-state index is 13.5. The molecule has 2 aromatic carbocycles. The lowest BCUT2D eigenvalue weighted by Crippen LogP contribution is -2.47. The van der Waals surface area contributed by atoms with Gasteiger partial charge in [0.05, 0.1) is 4.90 Å². The van der Waals surface area contributed by atoms with Crippen molar-refractivity contribution in [3.8, 4) is 0 Å². The van der Waals surface area contributed by atoms with Crippen LogP contribution in [0.2, 0.25) is 0 Å². The van der Waals surface area contributed by atoms with E-state index in [-0.39, 0.29) is 30.3 Å². The number of rotatable bonds is 9. The number of piperazine rings is 1. The van der Waals surface area contributed by atoms with Crippen molar-refractivity contribution in [1.82, 2.24) is 14.5 Å². The second-order valence-corrected chi connectivity index (χ2v) is 11.7. The highest BCUT2D eigenvalue weighted by Crippen LogP contribution is 2.21. The number of sulfonamides is 1. The highest BCUT2D eigenvalue weighted by atomic mass is 32.2. The van der Waals surface area contributed by atoms with Crippen LogP contribution in [0.3, 0.4) is 0 Å². The summed E-state index contributed by atoms with van der Waals surface area (Å²) in [6.45, 7) is 9.57. The van der Waals surface area contributed by atoms with E-state index in [1.54, 1.807) is 12.1 Å². The molecule has 0 aliphatic carbocycles. The summed E-state index contributed by atoms with van der Waals surface area (Å²) in [5.41, 5.74) is 3.12. The third-order valence-corrected chi connectivity index (χ3v) is 7.79. The lowest BCUT2D eigenvalue weighted by molar-refractivity contribution is -0.192. The standard InChI is InChI=1S/C25H35N3O3S.C2HF3O2/c1-20(2)17-22-7-9-24(10-8-22)32(30,31)28(19-23-6-4-5-21(3)18-23)14-11-25(29)27-15-12-26-13-16-27;3-2(4,5)1(6)7/h4-10,18,20,26H,11-17,19H2,1-3H3;(H,6,7). The number of nitrogens with zero attached hydrogens (tertiary/aromatic N) is 2. The van der Waals surface area contributed by atoms with Gasteiger partial charge >= 0.3 is 12.1 Å². The molecule has 0 spiro atoms. The molecular formula is C27H36F3N3O5S. The maximum Gasteiger partial charge on any atom is 0.490 e. The van der Waals surface area contributed by atoms with Gasteiger partial charge in [0.1, 0.15) is 0 Å². The summed E-state index contributed by atoms with van der Waals surface area (Å²) >= 11 is 0. The first-order valence-corrected chi connectivity index (χ1v) is 14.1. The molecule has 2 aromatic rings. The zero-order valence-corrected chi connectivity index (χ0v) is 23.2. The minimum atomic E-state index is -5.08. The Morgan fingerprint density at radius 2 is 1.64 bits per heavy atom. The molecule has 39 heavy (non-hydrogen) atoms. The number of halogens is 3. The number of nitrogens with one attached hydrogen (secondary N) is 1. The normalized spacial score (nSPS) is 14.2. The molecule has 12 heteroatoms. The van der Waals surface area contributed by atoms with E-state index in [4.69, 9.17) is 9.90 Å². The second-order valence-electron chi connectivity index (χ2n) is 9.75. The number of hydrogen-bond donors (Lipinski definition) is 2. The van der Waals surface area contributed by atoms with E-state index in [0.29, 0.717) is 19.0 Å². The number of carboxylic acids is 1. The Hall–Kier alpha value is -2.96. The third kappa shape index (κ3) is 10.6. The van der Waals surface area contributed by atoms with Crippen LogP contribution in [-0.4, -0.2) is 73.5 Å². The quantitative estimate of drug-likeness (QED) is 0.474. The summed E-state index contributed by atoms with van der Waals surface area (Å²) in [5, 5.41) is 10.4. The summed E-state index contributed by atoms with van der Waals surface area (Å²) in [5.74, 6) is -2.25. The summed E-state index contributed by atoms with van der Waals surface area (Å²) in [4.78, 5) is 23.7. The molecule has 0 radical (unpaired) electrons. The number of alkyl halides is 3. The van der Waals surface area contributed by atoms with Crippen molar-refractivity contribution in [2.75, 3.05) is 32.7 Å². The number of carbonyl (C=O) groups excluding carboxylic acids is 1. The van der Waals surface area contributed by atoms with Gasteiger partial charge in [0.25, 0.3) is 0 Å². The van der Waals surface area contributed by atoms with Crippen LogP contribution in [0.1, 0.15) is 37.0 Å². The van der Waals surface area contributed by atoms with Crippen LogP contribution in [0.5, 0.6) is 0 Å². The van der Waals surface area contributed by atoms with Gasteiger partial charge in [0.15, 0.2) is 0 Å². The van der Waals surface area contributed by atoms with Crippen molar-refractivity contribution < 1.29 is 36.3 Å². The Labute approximate surface area is 227 Å². The molecule has 216 valence electrons. The molecule has 2 N–H and O–H groups in total. The largest absolute Gasteiger partial charge is 0.490 e. The van der Waals surface area contributed by atoms with Crippen molar-refractivity contribution in [1.29, 1.82) is 0 Å². The van der Waals surface area contributed by atoms with Crippen LogP contribution in [0, 0.1) is 12.8 Å². The van der Waals surface area contributed by atoms with Crippen LogP contribution < -0.4 is 5.32 Å². The number of aliphatic carboxylic acids is 1. The van der Waals surface area contributed by atoms with Gasteiger partial charge in [-0.3, -0.25) is 4.79 Å². The van der Waals surface area contributed by atoms with E-state index in [2.05, 4.69) is 19.2 Å². The minimum Gasteiger partial charge on any atom is -0.475 e. The molecule has 1 amide bonds. The number of hydrogen-bond acceptors (Lipinski definition) is 5. The molecule has 0 atom stereocenters. The lowest BCUT2D eigenvalue weighted by atomic mass is 10.0. The van der Waals surface area contributed by atoms with Gasteiger partial charge in [-0.25, -0.2) is 13.2 Å².